The van der Waals surface area contributed by atoms with Gasteiger partial charge in [0.05, 0.1) is 6.04 Å². The molecule has 0 bridgehead atoms. The molecule has 118 valence electrons. The normalized spacial score (nSPS) is 15.8. The average Bonchev–Trinajstić information content (AvgIpc) is 2.91. The van der Waals surface area contributed by atoms with Gasteiger partial charge in [-0.25, -0.2) is 4.39 Å². The van der Waals surface area contributed by atoms with Crippen molar-refractivity contribution in [2.24, 2.45) is 0 Å². The number of rotatable bonds is 3. The minimum absolute atomic E-state index is 0.183. The van der Waals surface area contributed by atoms with Gasteiger partial charge in [-0.15, -0.1) is 0 Å². The molecular formula is C18H17FN2O2. The first-order chi connectivity index (χ1) is 11.0. The van der Waals surface area contributed by atoms with Crippen molar-refractivity contribution in [1.82, 2.24) is 5.32 Å². The second-order valence-corrected chi connectivity index (χ2v) is 5.63. The van der Waals surface area contributed by atoms with Crippen molar-refractivity contribution in [3.63, 3.8) is 0 Å². The maximum absolute atomic E-state index is 13.7. The molecule has 4 nitrogen and oxygen atoms in total. The van der Waals surface area contributed by atoms with Crippen molar-refractivity contribution in [3.05, 3.63) is 65.0 Å². The highest BCUT2D eigenvalue weighted by Gasteiger charge is 2.26. The summed E-state index contributed by atoms with van der Waals surface area (Å²) < 4.78 is 13.7. The minimum atomic E-state index is -0.237. The van der Waals surface area contributed by atoms with Gasteiger partial charge < -0.3 is 10.6 Å². The molecule has 0 fully saturated rings. The lowest BCUT2D eigenvalue weighted by Crippen LogP contribution is -2.27. The van der Waals surface area contributed by atoms with Crippen LogP contribution < -0.4 is 10.6 Å². The molecule has 0 spiro atoms. The van der Waals surface area contributed by atoms with E-state index in [1.807, 2.05) is 6.07 Å². The first kappa shape index (κ1) is 15.2. The lowest BCUT2D eigenvalue weighted by atomic mass is 10.1. The number of fused-ring (bicyclic) bond motifs is 1. The Kier molecular flexibility index (Phi) is 4.10. The van der Waals surface area contributed by atoms with Crippen LogP contribution in [0.15, 0.2) is 42.5 Å². The smallest absolute Gasteiger partial charge is 0.251 e. The van der Waals surface area contributed by atoms with Crippen LogP contribution in [0.2, 0.25) is 0 Å². The Morgan fingerprint density at radius 1 is 1.17 bits per heavy atom. The molecule has 0 saturated carbocycles. The van der Waals surface area contributed by atoms with Gasteiger partial charge in [-0.2, -0.15) is 0 Å². The molecule has 0 aromatic heterocycles. The molecule has 1 aliphatic carbocycles. The maximum Gasteiger partial charge on any atom is 0.251 e. The number of hydrogen-bond acceptors (Lipinski definition) is 2. The van der Waals surface area contributed by atoms with Gasteiger partial charge >= 0.3 is 0 Å². The van der Waals surface area contributed by atoms with Gasteiger partial charge in [-0.1, -0.05) is 18.2 Å². The number of benzene rings is 2. The second kappa shape index (κ2) is 6.20. The summed E-state index contributed by atoms with van der Waals surface area (Å²) in [4.78, 5) is 23.5. The first-order valence-electron chi connectivity index (χ1n) is 7.50. The van der Waals surface area contributed by atoms with Crippen LogP contribution >= 0.6 is 0 Å². The van der Waals surface area contributed by atoms with E-state index in [-0.39, 0.29) is 23.7 Å². The zero-order valence-electron chi connectivity index (χ0n) is 12.7. The zero-order valence-corrected chi connectivity index (χ0v) is 12.7. The third kappa shape index (κ3) is 3.23. The number of amides is 2. The Morgan fingerprint density at radius 3 is 2.74 bits per heavy atom. The van der Waals surface area contributed by atoms with Crippen molar-refractivity contribution in [1.29, 1.82) is 0 Å². The molecule has 1 atom stereocenters. The predicted molar refractivity (Wildman–Crippen MR) is 85.7 cm³/mol. The quantitative estimate of drug-likeness (QED) is 0.914. The van der Waals surface area contributed by atoms with Crippen molar-refractivity contribution < 1.29 is 14.0 Å². The largest absolute Gasteiger partial charge is 0.345 e. The van der Waals surface area contributed by atoms with Gasteiger partial charge in [0.2, 0.25) is 5.91 Å². The average molecular weight is 312 g/mol. The highest BCUT2D eigenvalue weighted by Crippen LogP contribution is 2.32. The van der Waals surface area contributed by atoms with Crippen LogP contribution in [0, 0.1) is 5.82 Å². The van der Waals surface area contributed by atoms with Crippen LogP contribution in [0.5, 0.6) is 0 Å². The van der Waals surface area contributed by atoms with Crippen LogP contribution in [-0.2, 0) is 11.2 Å². The van der Waals surface area contributed by atoms with E-state index < -0.39 is 0 Å². The molecule has 2 aromatic rings. The molecule has 0 aliphatic heterocycles. The monoisotopic (exact) mass is 312 g/mol. The summed E-state index contributed by atoms with van der Waals surface area (Å²) >= 11 is 0. The van der Waals surface area contributed by atoms with Crippen LogP contribution in [0.25, 0.3) is 0 Å². The number of anilines is 1. The number of carbonyl (C=O) groups is 2. The summed E-state index contributed by atoms with van der Waals surface area (Å²) in [6.07, 6.45) is 1.31. The molecule has 1 aliphatic rings. The molecule has 1 unspecified atom stereocenters. The fraction of sp³-hybridized carbons (Fsp3) is 0.222. The lowest BCUT2D eigenvalue weighted by Gasteiger charge is -2.14. The molecule has 23 heavy (non-hydrogen) atoms. The third-order valence-electron chi connectivity index (χ3n) is 3.96. The van der Waals surface area contributed by atoms with E-state index in [0.29, 0.717) is 29.7 Å². The van der Waals surface area contributed by atoms with Crippen LogP contribution in [0.3, 0.4) is 0 Å². The van der Waals surface area contributed by atoms with E-state index in [2.05, 4.69) is 10.6 Å². The molecule has 0 heterocycles. The Labute approximate surface area is 133 Å². The topological polar surface area (TPSA) is 58.2 Å². The molecular weight excluding hydrogens is 295 g/mol. The summed E-state index contributed by atoms with van der Waals surface area (Å²) in [6.45, 7) is 1.41. The first-order valence-corrected chi connectivity index (χ1v) is 7.50. The summed E-state index contributed by atoms with van der Waals surface area (Å²) in [6, 6.07) is 11.5. The molecule has 5 heteroatoms. The molecule has 2 aromatic carbocycles. The number of halogens is 1. The maximum atomic E-state index is 13.7. The lowest BCUT2D eigenvalue weighted by molar-refractivity contribution is -0.114. The Hall–Kier alpha value is -2.69. The van der Waals surface area contributed by atoms with Crippen LogP contribution in [0.4, 0.5) is 10.1 Å². The molecule has 2 N–H and O–H groups in total. The van der Waals surface area contributed by atoms with Gasteiger partial charge in [0.1, 0.15) is 5.82 Å². The van der Waals surface area contributed by atoms with Crippen LogP contribution in [-0.4, -0.2) is 11.8 Å². The van der Waals surface area contributed by atoms with E-state index in [1.54, 1.807) is 30.3 Å². The van der Waals surface area contributed by atoms with Gasteiger partial charge in [0, 0.05) is 18.2 Å². The van der Waals surface area contributed by atoms with Gasteiger partial charge in [0.25, 0.3) is 5.91 Å². The summed E-state index contributed by atoms with van der Waals surface area (Å²) in [5.74, 6) is -0.644. The van der Waals surface area contributed by atoms with E-state index in [4.69, 9.17) is 0 Å². The molecule has 3 rings (SSSR count). The highest BCUT2D eigenvalue weighted by molar-refractivity contribution is 5.97. The van der Waals surface area contributed by atoms with Crippen molar-refractivity contribution in [2.75, 3.05) is 5.32 Å². The van der Waals surface area contributed by atoms with Crippen molar-refractivity contribution in [2.45, 2.75) is 25.8 Å². The standard InChI is InChI=1S/C18H17FN2O2/c1-11(22)20-13-5-2-4-12(10-13)18(23)21-17-9-8-14-15(17)6-3-7-16(14)19/h2-7,10,17H,8-9H2,1H3,(H,20,22)(H,21,23). The van der Waals surface area contributed by atoms with E-state index >= 15 is 0 Å². The van der Waals surface area contributed by atoms with Gasteiger partial charge in [-0.05, 0) is 48.2 Å². The fourth-order valence-electron chi connectivity index (χ4n) is 2.94. The van der Waals surface area contributed by atoms with Crippen molar-refractivity contribution >= 4 is 17.5 Å². The molecule has 0 saturated heterocycles. The minimum Gasteiger partial charge on any atom is -0.345 e. The summed E-state index contributed by atoms with van der Waals surface area (Å²) in [5, 5.41) is 5.59. The fourth-order valence-corrected chi connectivity index (χ4v) is 2.94. The number of hydrogen-bond donors (Lipinski definition) is 2. The summed E-state index contributed by atoms with van der Waals surface area (Å²) in [7, 11) is 0. The van der Waals surface area contributed by atoms with E-state index in [1.165, 1.54) is 13.0 Å². The zero-order chi connectivity index (χ0) is 16.4. The van der Waals surface area contributed by atoms with Crippen LogP contribution in [0.1, 0.15) is 40.9 Å². The third-order valence-corrected chi connectivity index (χ3v) is 3.96. The highest BCUT2D eigenvalue weighted by atomic mass is 19.1. The number of nitrogens with one attached hydrogen (secondary N) is 2. The van der Waals surface area contributed by atoms with Crippen molar-refractivity contribution in [3.8, 4) is 0 Å². The Morgan fingerprint density at radius 2 is 1.96 bits per heavy atom. The molecule has 2 amide bonds. The Balaban J connectivity index is 1.76. The van der Waals surface area contributed by atoms with Gasteiger partial charge in [0.15, 0.2) is 0 Å². The van der Waals surface area contributed by atoms with E-state index in [9.17, 15) is 14.0 Å². The number of carbonyl (C=O) groups excluding carboxylic acids is 2. The predicted octanol–water partition coefficient (Wildman–Crippen LogP) is 3.20. The van der Waals surface area contributed by atoms with E-state index in [0.717, 1.165) is 5.56 Å². The second-order valence-electron chi connectivity index (χ2n) is 5.63. The SMILES string of the molecule is CC(=O)Nc1cccc(C(=O)NC2CCc3c(F)cccc32)c1. The Bertz CT molecular complexity index is 773. The summed E-state index contributed by atoms with van der Waals surface area (Å²) in [5.41, 5.74) is 2.56. The van der Waals surface area contributed by atoms with Gasteiger partial charge in [-0.3, -0.25) is 9.59 Å². The molecule has 0 radical (unpaired) electrons.